The maximum atomic E-state index is 13.0. The van der Waals surface area contributed by atoms with Crippen LogP contribution in [0.3, 0.4) is 0 Å². The molecule has 0 saturated carbocycles. The van der Waals surface area contributed by atoms with E-state index in [1.54, 1.807) is 12.1 Å². The van der Waals surface area contributed by atoms with E-state index in [4.69, 9.17) is 0 Å². The van der Waals surface area contributed by atoms with Crippen LogP contribution in [-0.2, 0) is 11.2 Å². The molecule has 0 bridgehead atoms. The van der Waals surface area contributed by atoms with Gasteiger partial charge in [0, 0.05) is 17.1 Å². The van der Waals surface area contributed by atoms with E-state index in [0.29, 0.717) is 11.3 Å². The number of ketones is 1. The van der Waals surface area contributed by atoms with Gasteiger partial charge < -0.3 is 0 Å². The van der Waals surface area contributed by atoms with Gasteiger partial charge in [-0.15, -0.1) is 11.8 Å². The summed E-state index contributed by atoms with van der Waals surface area (Å²) >= 11 is 1.39. The summed E-state index contributed by atoms with van der Waals surface area (Å²) in [7, 11) is 0. The van der Waals surface area contributed by atoms with Crippen molar-refractivity contribution in [2.75, 3.05) is 5.75 Å². The molecule has 0 aromatic heterocycles. The first-order chi connectivity index (χ1) is 11.1. The highest BCUT2D eigenvalue weighted by Crippen LogP contribution is 2.25. The summed E-state index contributed by atoms with van der Waals surface area (Å²) in [4.78, 5) is 13.3. The normalized spacial score (nSPS) is 13.1. The van der Waals surface area contributed by atoms with E-state index >= 15 is 0 Å². The molecular formula is C19H18FNOS. The molecule has 23 heavy (non-hydrogen) atoms. The van der Waals surface area contributed by atoms with E-state index < -0.39 is 12.1 Å². The molecule has 2 nitrogen and oxygen atoms in total. The number of alkyl halides is 1. The zero-order valence-electron chi connectivity index (χ0n) is 12.9. The molecular weight excluding hydrogens is 309 g/mol. The molecule has 0 fully saturated rings. The number of thioether (sulfide) groups is 1. The van der Waals surface area contributed by atoms with Crippen LogP contribution in [-0.4, -0.2) is 17.7 Å². The Hall–Kier alpha value is -2.12. The number of nitriles is 1. The van der Waals surface area contributed by atoms with E-state index in [2.05, 4.69) is 6.07 Å². The summed E-state index contributed by atoms with van der Waals surface area (Å²) in [6, 6.07) is 18.8. The van der Waals surface area contributed by atoms with Crippen LogP contribution in [0, 0.1) is 11.3 Å². The minimum absolute atomic E-state index is 0.125. The lowest BCUT2D eigenvalue weighted by atomic mass is 9.92. The fourth-order valence-corrected chi connectivity index (χ4v) is 3.04. The molecule has 2 aromatic rings. The quantitative estimate of drug-likeness (QED) is 0.700. The van der Waals surface area contributed by atoms with Crippen molar-refractivity contribution in [2.45, 2.75) is 30.3 Å². The predicted octanol–water partition coefficient (Wildman–Crippen LogP) is 4.56. The standard InChI is InChI=1S/C19H18FNOS/c1-14(20)13-23-17-9-5-8-16(11-17)18(12-21)19(22)10-15-6-3-2-4-7-15/h2-9,11,14,18H,10,13H2,1H3. The third kappa shape index (κ3) is 5.22. The van der Waals surface area contributed by atoms with Gasteiger partial charge in [0.2, 0.25) is 0 Å². The maximum Gasteiger partial charge on any atom is 0.158 e. The molecule has 0 aliphatic heterocycles. The summed E-state index contributed by atoms with van der Waals surface area (Å²) in [5, 5.41) is 9.40. The minimum atomic E-state index is -0.893. The first-order valence-electron chi connectivity index (χ1n) is 7.43. The van der Waals surface area contributed by atoms with E-state index in [9.17, 15) is 14.4 Å². The van der Waals surface area contributed by atoms with Crippen LogP contribution in [0.1, 0.15) is 24.0 Å². The lowest BCUT2D eigenvalue weighted by Gasteiger charge is -2.11. The van der Waals surface area contributed by atoms with Crippen LogP contribution in [0.15, 0.2) is 59.5 Å². The summed E-state index contributed by atoms with van der Waals surface area (Å²) in [6.07, 6.45) is -0.659. The molecule has 0 aliphatic rings. The second-order valence-electron chi connectivity index (χ2n) is 5.36. The van der Waals surface area contributed by atoms with Gasteiger partial charge in [-0.05, 0) is 30.2 Å². The van der Waals surface area contributed by atoms with Gasteiger partial charge >= 0.3 is 0 Å². The van der Waals surface area contributed by atoms with Gasteiger partial charge in [0.05, 0.1) is 6.07 Å². The van der Waals surface area contributed by atoms with Crippen molar-refractivity contribution in [1.82, 2.24) is 0 Å². The Morgan fingerprint density at radius 1 is 1.22 bits per heavy atom. The molecule has 2 unspecified atom stereocenters. The number of Topliss-reactive ketones (excluding diaryl/α,β-unsaturated/α-hetero) is 1. The van der Waals surface area contributed by atoms with Crippen molar-refractivity contribution >= 4 is 17.5 Å². The number of carbonyl (C=O) groups excluding carboxylic acids is 1. The highest BCUT2D eigenvalue weighted by atomic mass is 32.2. The summed E-state index contributed by atoms with van der Waals surface area (Å²) < 4.78 is 13.0. The van der Waals surface area contributed by atoms with Gasteiger partial charge in [0.25, 0.3) is 0 Å². The SMILES string of the molecule is CC(F)CSc1cccc(C(C#N)C(=O)Cc2ccccc2)c1. The Labute approximate surface area is 140 Å². The average Bonchev–Trinajstić information content (AvgIpc) is 2.55. The van der Waals surface area contributed by atoms with Crippen molar-refractivity contribution in [3.63, 3.8) is 0 Å². The Morgan fingerprint density at radius 2 is 1.96 bits per heavy atom. The van der Waals surface area contributed by atoms with Crippen molar-refractivity contribution < 1.29 is 9.18 Å². The van der Waals surface area contributed by atoms with Crippen LogP contribution in [0.2, 0.25) is 0 Å². The van der Waals surface area contributed by atoms with Crippen LogP contribution in [0.5, 0.6) is 0 Å². The van der Waals surface area contributed by atoms with E-state index in [-0.39, 0.29) is 12.2 Å². The number of nitrogens with zero attached hydrogens (tertiary/aromatic N) is 1. The molecule has 0 heterocycles. The predicted molar refractivity (Wildman–Crippen MR) is 91.2 cm³/mol. The largest absolute Gasteiger partial charge is 0.297 e. The van der Waals surface area contributed by atoms with Crippen LogP contribution in [0.4, 0.5) is 4.39 Å². The van der Waals surface area contributed by atoms with Gasteiger partial charge in [-0.3, -0.25) is 4.79 Å². The second kappa shape index (κ2) is 8.50. The summed E-state index contributed by atoms with van der Waals surface area (Å²) in [5.74, 6) is -0.559. The number of benzene rings is 2. The van der Waals surface area contributed by atoms with Crippen molar-refractivity contribution in [3.8, 4) is 6.07 Å². The molecule has 0 amide bonds. The van der Waals surface area contributed by atoms with Gasteiger partial charge in [0.1, 0.15) is 12.1 Å². The molecule has 0 aliphatic carbocycles. The molecule has 2 atom stereocenters. The van der Waals surface area contributed by atoms with Crippen molar-refractivity contribution in [1.29, 1.82) is 5.26 Å². The summed E-state index contributed by atoms with van der Waals surface area (Å²) in [5.41, 5.74) is 1.57. The van der Waals surface area contributed by atoms with E-state index in [1.165, 1.54) is 18.7 Å². The Morgan fingerprint density at radius 3 is 2.61 bits per heavy atom. The monoisotopic (exact) mass is 327 g/mol. The Balaban J connectivity index is 2.12. The Kier molecular flexibility index (Phi) is 6.37. The third-order valence-corrected chi connectivity index (χ3v) is 4.56. The fraction of sp³-hybridized carbons (Fsp3) is 0.263. The van der Waals surface area contributed by atoms with Gasteiger partial charge in [0.15, 0.2) is 5.78 Å². The number of halogens is 1. The molecule has 2 rings (SSSR count). The van der Waals surface area contributed by atoms with E-state index in [0.717, 1.165) is 10.5 Å². The van der Waals surface area contributed by atoms with Gasteiger partial charge in [-0.2, -0.15) is 5.26 Å². The average molecular weight is 327 g/mol. The summed E-state index contributed by atoms with van der Waals surface area (Å²) in [6.45, 7) is 1.51. The van der Waals surface area contributed by atoms with Crippen molar-refractivity contribution in [2.24, 2.45) is 0 Å². The molecule has 0 N–H and O–H groups in total. The van der Waals surface area contributed by atoms with Gasteiger partial charge in [-0.25, -0.2) is 4.39 Å². The number of hydrogen-bond acceptors (Lipinski definition) is 3. The first-order valence-corrected chi connectivity index (χ1v) is 8.42. The maximum absolute atomic E-state index is 13.0. The van der Waals surface area contributed by atoms with Gasteiger partial charge in [-0.1, -0.05) is 42.5 Å². The number of rotatable bonds is 7. The van der Waals surface area contributed by atoms with Crippen LogP contribution >= 0.6 is 11.8 Å². The highest BCUT2D eigenvalue weighted by molar-refractivity contribution is 7.99. The fourth-order valence-electron chi connectivity index (χ4n) is 2.23. The third-order valence-electron chi connectivity index (χ3n) is 3.34. The van der Waals surface area contributed by atoms with Crippen molar-refractivity contribution in [3.05, 3.63) is 65.7 Å². The number of carbonyl (C=O) groups is 1. The van der Waals surface area contributed by atoms with E-state index in [1.807, 2.05) is 42.5 Å². The zero-order valence-corrected chi connectivity index (χ0v) is 13.7. The smallest absolute Gasteiger partial charge is 0.158 e. The Bertz CT molecular complexity index is 694. The molecule has 0 saturated heterocycles. The molecule has 4 heteroatoms. The molecule has 0 spiro atoms. The van der Waals surface area contributed by atoms with Crippen LogP contribution < -0.4 is 0 Å². The lowest BCUT2D eigenvalue weighted by molar-refractivity contribution is -0.118. The van der Waals surface area contributed by atoms with Crippen LogP contribution in [0.25, 0.3) is 0 Å². The second-order valence-corrected chi connectivity index (χ2v) is 6.45. The zero-order chi connectivity index (χ0) is 16.7. The molecule has 0 radical (unpaired) electrons. The first kappa shape index (κ1) is 17.2. The topological polar surface area (TPSA) is 40.9 Å². The minimum Gasteiger partial charge on any atom is -0.297 e. The molecule has 2 aromatic carbocycles. The number of hydrogen-bond donors (Lipinski definition) is 0. The highest BCUT2D eigenvalue weighted by Gasteiger charge is 2.20. The molecule has 118 valence electrons. The lowest BCUT2D eigenvalue weighted by Crippen LogP contribution is -2.13.